The Bertz CT molecular complexity index is 664. The summed E-state index contributed by atoms with van der Waals surface area (Å²) in [5.41, 5.74) is 0. The van der Waals surface area contributed by atoms with Crippen LogP contribution in [0, 0.1) is 11.6 Å². The van der Waals surface area contributed by atoms with Crippen LogP contribution in [0.5, 0.6) is 0 Å². The van der Waals surface area contributed by atoms with Crippen LogP contribution in [0.4, 0.5) is 8.78 Å². The van der Waals surface area contributed by atoms with Crippen molar-refractivity contribution in [2.75, 3.05) is 45.9 Å². The predicted molar refractivity (Wildman–Crippen MR) is 96.5 cm³/mol. The van der Waals surface area contributed by atoms with Gasteiger partial charge in [-0.15, -0.1) is 0 Å². The van der Waals surface area contributed by atoms with Gasteiger partial charge in [-0.05, 0) is 18.6 Å². The number of benzene rings is 1. The summed E-state index contributed by atoms with van der Waals surface area (Å²) >= 11 is 0. The molecule has 0 spiro atoms. The largest absolute Gasteiger partial charge is 0.379 e. The summed E-state index contributed by atoms with van der Waals surface area (Å²) in [4.78, 5) is 1.68. The Morgan fingerprint density at radius 3 is 2.50 bits per heavy atom. The van der Waals surface area contributed by atoms with E-state index in [4.69, 9.17) is 4.74 Å². The third-order valence-corrected chi connectivity index (χ3v) is 6.47. The molecule has 0 atom stereocenters. The molecule has 0 amide bonds. The number of hydrogen-bond donors (Lipinski definition) is 0. The minimum Gasteiger partial charge on any atom is -0.379 e. The molecule has 0 bridgehead atoms. The number of morpholine rings is 1. The van der Waals surface area contributed by atoms with Crippen LogP contribution in [0.15, 0.2) is 23.1 Å². The van der Waals surface area contributed by atoms with Gasteiger partial charge >= 0.3 is 0 Å². The van der Waals surface area contributed by atoms with Crippen LogP contribution in [0.3, 0.4) is 0 Å². The number of ether oxygens (including phenoxy) is 1. The normalized spacial score (nSPS) is 16.3. The van der Waals surface area contributed by atoms with Gasteiger partial charge in [0.2, 0.25) is 10.0 Å². The number of hydrogen-bond acceptors (Lipinski definition) is 4. The van der Waals surface area contributed by atoms with E-state index in [9.17, 15) is 17.2 Å². The zero-order valence-electron chi connectivity index (χ0n) is 15.3. The summed E-state index contributed by atoms with van der Waals surface area (Å²) in [5.74, 6) is -1.83. The lowest BCUT2D eigenvalue weighted by Crippen LogP contribution is -2.43. The highest BCUT2D eigenvalue weighted by molar-refractivity contribution is 7.89. The van der Waals surface area contributed by atoms with Crippen LogP contribution in [0.25, 0.3) is 0 Å². The summed E-state index contributed by atoms with van der Waals surface area (Å²) in [6.07, 6.45) is 3.72. The second-order valence-electron chi connectivity index (χ2n) is 6.49. The molecular formula is C18H28F2N2O3S. The molecule has 0 unspecified atom stereocenters. The average molecular weight is 390 g/mol. The predicted octanol–water partition coefficient (Wildman–Crippen LogP) is 2.87. The smallest absolute Gasteiger partial charge is 0.246 e. The molecule has 0 N–H and O–H groups in total. The van der Waals surface area contributed by atoms with Crippen molar-refractivity contribution in [3.05, 3.63) is 29.8 Å². The summed E-state index contributed by atoms with van der Waals surface area (Å²) in [6.45, 7) is 6.06. The first-order chi connectivity index (χ1) is 12.4. The fourth-order valence-electron chi connectivity index (χ4n) is 2.97. The van der Waals surface area contributed by atoms with Gasteiger partial charge in [-0.2, -0.15) is 4.31 Å². The first-order valence-electron chi connectivity index (χ1n) is 9.20. The van der Waals surface area contributed by atoms with Gasteiger partial charge in [0, 0.05) is 38.8 Å². The van der Waals surface area contributed by atoms with Gasteiger partial charge in [0.1, 0.15) is 16.5 Å². The minimum absolute atomic E-state index is 0.283. The Morgan fingerprint density at radius 2 is 1.85 bits per heavy atom. The molecular weight excluding hydrogens is 362 g/mol. The van der Waals surface area contributed by atoms with E-state index in [2.05, 4.69) is 11.8 Å². The van der Waals surface area contributed by atoms with Gasteiger partial charge in [0.15, 0.2) is 0 Å². The van der Waals surface area contributed by atoms with Crippen LogP contribution in [-0.4, -0.2) is 63.6 Å². The number of rotatable bonds is 10. The highest BCUT2D eigenvalue weighted by atomic mass is 32.2. The zero-order valence-corrected chi connectivity index (χ0v) is 16.1. The Balaban J connectivity index is 2.11. The zero-order chi connectivity index (χ0) is 19.0. The van der Waals surface area contributed by atoms with Gasteiger partial charge in [-0.25, -0.2) is 17.2 Å². The van der Waals surface area contributed by atoms with Crippen LogP contribution < -0.4 is 0 Å². The molecule has 0 saturated carbocycles. The van der Waals surface area contributed by atoms with Gasteiger partial charge in [0.25, 0.3) is 0 Å². The molecule has 26 heavy (non-hydrogen) atoms. The molecule has 5 nitrogen and oxygen atoms in total. The van der Waals surface area contributed by atoms with E-state index >= 15 is 0 Å². The maximum Gasteiger partial charge on any atom is 0.246 e. The van der Waals surface area contributed by atoms with E-state index in [0.29, 0.717) is 32.4 Å². The van der Waals surface area contributed by atoms with E-state index in [1.165, 1.54) is 4.31 Å². The second kappa shape index (κ2) is 10.3. The van der Waals surface area contributed by atoms with Crippen molar-refractivity contribution in [3.8, 4) is 0 Å². The molecule has 1 aromatic carbocycles. The Hall–Kier alpha value is -1.09. The monoisotopic (exact) mass is 390 g/mol. The lowest BCUT2D eigenvalue weighted by Gasteiger charge is -2.29. The molecule has 1 saturated heterocycles. The number of nitrogens with zero attached hydrogens (tertiary/aromatic N) is 2. The summed E-state index contributed by atoms with van der Waals surface area (Å²) < 4.78 is 59.7. The molecule has 0 aliphatic carbocycles. The molecule has 1 heterocycles. The van der Waals surface area contributed by atoms with E-state index in [1.807, 2.05) is 0 Å². The summed E-state index contributed by atoms with van der Waals surface area (Å²) in [7, 11) is -4.00. The molecule has 1 aliphatic heterocycles. The molecule has 8 heteroatoms. The first kappa shape index (κ1) is 21.2. The maximum atomic E-state index is 14.1. The third kappa shape index (κ3) is 5.97. The van der Waals surface area contributed by atoms with Crippen molar-refractivity contribution < 1.29 is 21.9 Å². The Morgan fingerprint density at radius 1 is 1.12 bits per heavy atom. The van der Waals surface area contributed by atoms with E-state index in [0.717, 1.165) is 50.9 Å². The third-order valence-electron chi connectivity index (χ3n) is 4.54. The Kier molecular flexibility index (Phi) is 8.40. The van der Waals surface area contributed by atoms with E-state index < -0.39 is 26.6 Å². The molecule has 2 rings (SSSR count). The molecule has 0 aromatic heterocycles. The number of halogens is 2. The van der Waals surface area contributed by atoms with Crippen molar-refractivity contribution >= 4 is 10.0 Å². The van der Waals surface area contributed by atoms with E-state index in [-0.39, 0.29) is 6.54 Å². The topological polar surface area (TPSA) is 49.9 Å². The summed E-state index contributed by atoms with van der Waals surface area (Å²) in [6, 6.07) is 2.60. The first-order valence-corrected chi connectivity index (χ1v) is 10.6. The highest BCUT2D eigenvalue weighted by Gasteiger charge is 2.28. The van der Waals surface area contributed by atoms with Crippen molar-refractivity contribution in [2.24, 2.45) is 0 Å². The SMILES string of the molecule is CCCCCCN(CCN1CCOCC1)S(=O)(=O)c1ccc(F)cc1F. The van der Waals surface area contributed by atoms with Crippen molar-refractivity contribution in [3.63, 3.8) is 0 Å². The lowest BCUT2D eigenvalue weighted by molar-refractivity contribution is 0.0362. The minimum atomic E-state index is -4.00. The van der Waals surface area contributed by atoms with Crippen LogP contribution >= 0.6 is 0 Å². The van der Waals surface area contributed by atoms with Crippen LogP contribution in [-0.2, 0) is 14.8 Å². The molecule has 148 valence electrons. The average Bonchev–Trinajstić information content (AvgIpc) is 2.61. The lowest BCUT2D eigenvalue weighted by atomic mass is 10.2. The van der Waals surface area contributed by atoms with Gasteiger partial charge < -0.3 is 4.74 Å². The Labute approximate surface area is 155 Å². The van der Waals surface area contributed by atoms with E-state index in [1.54, 1.807) is 0 Å². The second-order valence-corrected chi connectivity index (χ2v) is 8.40. The maximum absolute atomic E-state index is 14.1. The number of sulfonamides is 1. The molecule has 1 fully saturated rings. The fourth-order valence-corrected chi connectivity index (χ4v) is 4.48. The quantitative estimate of drug-likeness (QED) is 0.577. The van der Waals surface area contributed by atoms with Crippen LogP contribution in [0.2, 0.25) is 0 Å². The van der Waals surface area contributed by atoms with Crippen molar-refractivity contribution in [1.82, 2.24) is 9.21 Å². The fraction of sp³-hybridized carbons (Fsp3) is 0.667. The van der Waals surface area contributed by atoms with Gasteiger partial charge in [-0.1, -0.05) is 26.2 Å². The van der Waals surface area contributed by atoms with Gasteiger partial charge in [-0.3, -0.25) is 4.90 Å². The van der Waals surface area contributed by atoms with Crippen molar-refractivity contribution in [1.29, 1.82) is 0 Å². The standard InChI is InChI=1S/C18H28F2N2O3S/c1-2-3-4-5-8-22(10-9-21-11-13-25-14-12-21)26(23,24)18-7-6-16(19)15-17(18)20/h6-7,15H,2-5,8-14H2,1H3. The van der Waals surface area contributed by atoms with Gasteiger partial charge in [0.05, 0.1) is 13.2 Å². The number of unbranched alkanes of at least 4 members (excludes halogenated alkanes) is 3. The molecule has 1 aromatic rings. The highest BCUT2D eigenvalue weighted by Crippen LogP contribution is 2.21. The van der Waals surface area contributed by atoms with Crippen LogP contribution in [0.1, 0.15) is 32.6 Å². The van der Waals surface area contributed by atoms with Crippen molar-refractivity contribution in [2.45, 2.75) is 37.5 Å². The summed E-state index contributed by atoms with van der Waals surface area (Å²) in [5, 5.41) is 0. The molecule has 0 radical (unpaired) electrons. The molecule has 1 aliphatic rings.